The van der Waals surface area contributed by atoms with E-state index in [0.717, 1.165) is 27.7 Å². The van der Waals surface area contributed by atoms with Crippen LogP contribution in [0.2, 0.25) is 0 Å². The van der Waals surface area contributed by atoms with Crippen molar-refractivity contribution in [3.05, 3.63) is 102 Å². The van der Waals surface area contributed by atoms with Crippen LogP contribution < -0.4 is 16.4 Å². The maximum atomic E-state index is 13.4. The van der Waals surface area contributed by atoms with E-state index in [1.54, 1.807) is 42.9 Å². The summed E-state index contributed by atoms with van der Waals surface area (Å²) in [5, 5.41) is 8.08. The summed E-state index contributed by atoms with van der Waals surface area (Å²) in [6, 6.07) is 17.0. The van der Waals surface area contributed by atoms with Gasteiger partial charge in [0.2, 0.25) is 0 Å². The Balaban J connectivity index is 1.32. The average Bonchev–Trinajstić information content (AvgIpc) is 3.49. The smallest absolute Gasteiger partial charge is 0.270 e. The summed E-state index contributed by atoms with van der Waals surface area (Å²) in [5.74, 6) is -1.45. The van der Waals surface area contributed by atoms with Crippen molar-refractivity contribution in [1.82, 2.24) is 14.5 Å². The van der Waals surface area contributed by atoms with E-state index in [1.807, 2.05) is 29.0 Å². The first-order valence-electron chi connectivity index (χ1n) is 10.6. The third-order valence-electron chi connectivity index (χ3n) is 5.28. The molecule has 5 rings (SSSR count). The molecule has 2 amide bonds. The number of rotatable bonds is 7. The lowest BCUT2D eigenvalue weighted by atomic mass is 10.1. The van der Waals surface area contributed by atoms with E-state index < -0.39 is 5.91 Å². The topological polar surface area (TPSA) is 115 Å². The van der Waals surface area contributed by atoms with Crippen molar-refractivity contribution in [2.45, 2.75) is 6.54 Å². The highest BCUT2D eigenvalue weighted by Gasteiger charge is 2.19. The van der Waals surface area contributed by atoms with Crippen LogP contribution in [0.3, 0.4) is 0 Å². The number of aromatic nitrogens is 3. The largest absolute Gasteiger partial charge is 0.364 e. The van der Waals surface area contributed by atoms with E-state index in [9.17, 15) is 14.0 Å². The SMILES string of the molecule is NC(=O)c1nc(Nc2ccc3cc(F)ccc3c2)sc1NC(=O)c1ccc(Cn2ccnc2)cc1. The molecule has 2 aromatic heterocycles. The number of halogens is 1. The van der Waals surface area contributed by atoms with Gasteiger partial charge in [0.15, 0.2) is 10.8 Å². The number of nitrogens with one attached hydrogen (secondary N) is 2. The van der Waals surface area contributed by atoms with Crippen molar-refractivity contribution >= 4 is 49.7 Å². The van der Waals surface area contributed by atoms with Crippen LogP contribution in [0.25, 0.3) is 10.8 Å². The molecule has 0 unspecified atom stereocenters. The fourth-order valence-electron chi connectivity index (χ4n) is 3.57. The average molecular weight is 487 g/mol. The fourth-order valence-corrected chi connectivity index (χ4v) is 4.46. The maximum Gasteiger partial charge on any atom is 0.270 e. The van der Waals surface area contributed by atoms with Crippen molar-refractivity contribution in [3.8, 4) is 0 Å². The zero-order valence-electron chi connectivity index (χ0n) is 18.2. The number of carbonyl (C=O) groups excluding carboxylic acids is 2. The van der Waals surface area contributed by atoms with E-state index in [1.165, 1.54) is 12.1 Å². The summed E-state index contributed by atoms with van der Waals surface area (Å²) >= 11 is 1.09. The predicted octanol–water partition coefficient (Wildman–Crippen LogP) is 4.78. The molecule has 5 aromatic rings. The minimum Gasteiger partial charge on any atom is -0.364 e. The second-order valence-corrected chi connectivity index (χ2v) is 8.78. The molecule has 0 atom stereocenters. The number of amides is 2. The number of primary amides is 1. The lowest BCUT2D eigenvalue weighted by Crippen LogP contribution is -2.17. The molecule has 35 heavy (non-hydrogen) atoms. The maximum absolute atomic E-state index is 13.4. The minimum absolute atomic E-state index is 0.0366. The Morgan fingerprint density at radius 2 is 1.80 bits per heavy atom. The lowest BCUT2D eigenvalue weighted by Gasteiger charge is -2.06. The van der Waals surface area contributed by atoms with Crippen LogP contribution in [0.5, 0.6) is 0 Å². The van der Waals surface area contributed by atoms with Gasteiger partial charge in [0, 0.05) is 30.2 Å². The van der Waals surface area contributed by atoms with Crippen LogP contribution in [0.1, 0.15) is 26.4 Å². The van der Waals surface area contributed by atoms with E-state index in [2.05, 4.69) is 20.6 Å². The Bertz CT molecular complexity index is 1530. The highest BCUT2D eigenvalue weighted by atomic mass is 32.1. The van der Waals surface area contributed by atoms with Gasteiger partial charge >= 0.3 is 0 Å². The summed E-state index contributed by atoms with van der Waals surface area (Å²) in [7, 11) is 0. The quantitative estimate of drug-likeness (QED) is 0.306. The van der Waals surface area contributed by atoms with Gasteiger partial charge in [-0.15, -0.1) is 0 Å². The monoisotopic (exact) mass is 486 g/mol. The van der Waals surface area contributed by atoms with Gasteiger partial charge in [-0.05, 0) is 52.7 Å². The van der Waals surface area contributed by atoms with Crippen LogP contribution in [0.15, 0.2) is 79.4 Å². The second-order valence-electron chi connectivity index (χ2n) is 7.78. The van der Waals surface area contributed by atoms with Crippen molar-refractivity contribution in [1.29, 1.82) is 0 Å². The Morgan fingerprint density at radius 3 is 2.54 bits per heavy atom. The predicted molar refractivity (Wildman–Crippen MR) is 134 cm³/mol. The van der Waals surface area contributed by atoms with Gasteiger partial charge in [0.05, 0.1) is 6.33 Å². The van der Waals surface area contributed by atoms with E-state index in [-0.39, 0.29) is 22.4 Å². The van der Waals surface area contributed by atoms with Crippen LogP contribution in [-0.2, 0) is 6.54 Å². The summed E-state index contributed by atoms with van der Waals surface area (Å²) in [5.41, 5.74) is 7.59. The number of benzene rings is 3. The van der Waals surface area contributed by atoms with Crippen molar-refractivity contribution in [2.24, 2.45) is 5.73 Å². The Labute approximate surface area is 203 Å². The van der Waals surface area contributed by atoms with Gasteiger partial charge < -0.3 is 20.9 Å². The molecule has 0 bridgehead atoms. The molecular weight excluding hydrogens is 467 g/mol. The normalized spacial score (nSPS) is 10.9. The molecule has 3 aromatic carbocycles. The number of hydrogen-bond acceptors (Lipinski definition) is 6. The summed E-state index contributed by atoms with van der Waals surface area (Å²) in [6.07, 6.45) is 5.29. The number of nitrogens with zero attached hydrogens (tertiary/aromatic N) is 3. The van der Waals surface area contributed by atoms with Crippen LogP contribution in [0.4, 0.5) is 20.2 Å². The number of anilines is 3. The molecule has 0 spiro atoms. The van der Waals surface area contributed by atoms with Gasteiger partial charge in [-0.2, -0.15) is 0 Å². The molecule has 174 valence electrons. The molecule has 0 fully saturated rings. The highest BCUT2D eigenvalue weighted by Crippen LogP contribution is 2.32. The second kappa shape index (κ2) is 9.35. The number of carbonyl (C=O) groups is 2. The van der Waals surface area contributed by atoms with E-state index in [0.29, 0.717) is 22.9 Å². The third-order valence-corrected chi connectivity index (χ3v) is 6.17. The Morgan fingerprint density at radius 1 is 1.03 bits per heavy atom. The molecule has 4 N–H and O–H groups in total. The fraction of sp³-hybridized carbons (Fsp3) is 0.0400. The van der Waals surface area contributed by atoms with Crippen molar-refractivity contribution in [3.63, 3.8) is 0 Å². The van der Waals surface area contributed by atoms with Crippen LogP contribution in [0, 0.1) is 5.82 Å². The Hall–Kier alpha value is -4.57. The molecule has 8 nitrogen and oxygen atoms in total. The molecule has 0 aliphatic heterocycles. The molecule has 0 aliphatic rings. The molecule has 0 radical (unpaired) electrons. The third kappa shape index (κ3) is 5.02. The van der Waals surface area contributed by atoms with E-state index in [4.69, 9.17) is 5.73 Å². The summed E-state index contributed by atoms with van der Waals surface area (Å²) in [6.45, 7) is 0.640. The minimum atomic E-state index is -0.755. The molecule has 0 saturated heterocycles. The molecule has 2 heterocycles. The summed E-state index contributed by atoms with van der Waals surface area (Å²) < 4.78 is 15.3. The van der Waals surface area contributed by atoms with Gasteiger partial charge in [0.25, 0.3) is 11.8 Å². The first kappa shape index (κ1) is 22.2. The van der Waals surface area contributed by atoms with E-state index >= 15 is 0 Å². The molecule has 10 heteroatoms. The van der Waals surface area contributed by atoms with Gasteiger partial charge in [-0.3, -0.25) is 9.59 Å². The molecule has 0 aliphatic carbocycles. The van der Waals surface area contributed by atoms with Gasteiger partial charge in [0.1, 0.15) is 10.8 Å². The molecular formula is C25H19FN6O2S. The Kier molecular flexibility index (Phi) is 5.94. The first-order chi connectivity index (χ1) is 16.9. The number of fused-ring (bicyclic) bond motifs is 1. The molecule has 0 saturated carbocycles. The van der Waals surface area contributed by atoms with Crippen LogP contribution >= 0.6 is 11.3 Å². The van der Waals surface area contributed by atoms with Crippen LogP contribution in [-0.4, -0.2) is 26.3 Å². The number of imidazole rings is 1. The number of thiazole rings is 1. The van der Waals surface area contributed by atoms with Crippen molar-refractivity contribution in [2.75, 3.05) is 10.6 Å². The lowest BCUT2D eigenvalue weighted by molar-refractivity contribution is 0.0997. The van der Waals surface area contributed by atoms with Gasteiger partial charge in [-0.25, -0.2) is 14.4 Å². The zero-order chi connectivity index (χ0) is 24.4. The standard InChI is InChI=1S/C25H19FN6O2S/c26-19-7-5-18-12-20(8-6-17(18)11-19)29-25-30-21(22(27)33)24(35-25)31-23(34)16-3-1-15(2-4-16)13-32-10-9-28-14-32/h1-12,14H,13H2,(H2,27,33)(H,29,30)(H,31,34). The zero-order valence-corrected chi connectivity index (χ0v) is 19.1. The van der Waals surface area contributed by atoms with Gasteiger partial charge in [-0.1, -0.05) is 35.6 Å². The number of hydrogen-bond donors (Lipinski definition) is 3. The summed E-state index contributed by atoms with van der Waals surface area (Å²) in [4.78, 5) is 33.0. The highest BCUT2D eigenvalue weighted by molar-refractivity contribution is 7.20. The first-order valence-corrected chi connectivity index (χ1v) is 11.4. The number of nitrogens with two attached hydrogens (primary N) is 1. The van der Waals surface area contributed by atoms with Crippen molar-refractivity contribution < 1.29 is 14.0 Å².